The number of ether oxygens (including phenoxy) is 2. The van der Waals surface area contributed by atoms with E-state index in [-0.39, 0.29) is 0 Å². The summed E-state index contributed by atoms with van der Waals surface area (Å²) in [7, 11) is 0. The van der Waals surface area contributed by atoms with Crippen molar-refractivity contribution >= 4 is 0 Å². The van der Waals surface area contributed by atoms with Crippen molar-refractivity contribution in [3.8, 4) is 11.5 Å². The molecule has 4 nitrogen and oxygen atoms in total. The summed E-state index contributed by atoms with van der Waals surface area (Å²) >= 11 is 0. The number of fused-ring (bicyclic) bond motifs is 1. The summed E-state index contributed by atoms with van der Waals surface area (Å²) in [6.07, 6.45) is 1.18. The average molecular weight is 250 g/mol. The van der Waals surface area contributed by atoms with Gasteiger partial charge in [-0.3, -0.25) is 0 Å². The lowest BCUT2D eigenvalue weighted by molar-refractivity contribution is 0.169. The van der Waals surface area contributed by atoms with Crippen LogP contribution < -0.4 is 20.1 Å². The molecular weight excluding hydrogens is 228 g/mol. The van der Waals surface area contributed by atoms with E-state index in [9.17, 15) is 0 Å². The third-order valence-corrected chi connectivity index (χ3v) is 2.87. The van der Waals surface area contributed by atoms with Crippen LogP contribution in [0.3, 0.4) is 0 Å². The Morgan fingerprint density at radius 2 is 1.89 bits per heavy atom. The number of nitrogens with one attached hydrogen (secondary N) is 2. The van der Waals surface area contributed by atoms with Gasteiger partial charge in [0.1, 0.15) is 13.2 Å². The van der Waals surface area contributed by atoms with Crippen LogP contribution in [0.15, 0.2) is 18.2 Å². The van der Waals surface area contributed by atoms with Gasteiger partial charge in [-0.15, -0.1) is 0 Å². The lowest BCUT2D eigenvalue weighted by Crippen LogP contribution is -2.28. The number of hydrogen-bond acceptors (Lipinski definition) is 4. The van der Waals surface area contributed by atoms with E-state index >= 15 is 0 Å². The first kappa shape index (κ1) is 13.2. The molecule has 0 aliphatic carbocycles. The van der Waals surface area contributed by atoms with Crippen LogP contribution in [0.1, 0.15) is 18.9 Å². The second-order valence-electron chi connectivity index (χ2n) is 4.37. The predicted molar refractivity (Wildman–Crippen MR) is 72.3 cm³/mol. The largest absolute Gasteiger partial charge is 0.486 e. The van der Waals surface area contributed by atoms with E-state index in [4.69, 9.17) is 9.47 Å². The minimum atomic E-state index is 0.641. The van der Waals surface area contributed by atoms with Gasteiger partial charge >= 0.3 is 0 Å². The minimum absolute atomic E-state index is 0.641. The van der Waals surface area contributed by atoms with Crippen molar-refractivity contribution in [1.29, 1.82) is 0 Å². The zero-order valence-corrected chi connectivity index (χ0v) is 11.0. The molecule has 0 radical (unpaired) electrons. The predicted octanol–water partition coefficient (Wildman–Crippen LogP) is 1.55. The highest BCUT2D eigenvalue weighted by molar-refractivity contribution is 5.47. The van der Waals surface area contributed by atoms with Crippen molar-refractivity contribution < 1.29 is 9.47 Å². The van der Waals surface area contributed by atoms with Crippen molar-refractivity contribution in [3.05, 3.63) is 23.8 Å². The molecule has 0 amide bonds. The molecule has 0 spiro atoms. The molecule has 1 aromatic carbocycles. The van der Waals surface area contributed by atoms with E-state index in [1.54, 1.807) is 0 Å². The van der Waals surface area contributed by atoms with Gasteiger partial charge in [0.15, 0.2) is 11.5 Å². The first-order chi connectivity index (χ1) is 8.92. The first-order valence-corrected chi connectivity index (χ1v) is 6.70. The molecule has 2 N–H and O–H groups in total. The summed E-state index contributed by atoms with van der Waals surface area (Å²) in [4.78, 5) is 0. The van der Waals surface area contributed by atoms with Crippen LogP contribution in [-0.2, 0) is 6.54 Å². The molecule has 100 valence electrons. The highest BCUT2D eigenvalue weighted by atomic mass is 16.6. The number of para-hydroxylation sites is 1. The van der Waals surface area contributed by atoms with Crippen LogP contribution in [0.5, 0.6) is 11.5 Å². The van der Waals surface area contributed by atoms with Crippen LogP contribution in [-0.4, -0.2) is 32.8 Å². The first-order valence-electron chi connectivity index (χ1n) is 6.70. The van der Waals surface area contributed by atoms with Gasteiger partial charge in [-0.2, -0.15) is 0 Å². The Morgan fingerprint density at radius 3 is 2.78 bits per heavy atom. The molecule has 1 aliphatic rings. The van der Waals surface area contributed by atoms with Crippen molar-refractivity contribution in [3.63, 3.8) is 0 Å². The topological polar surface area (TPSA) is 42.5 Å². The summed E-state index contributed by atoms with van der Waals surface area (Å²) in [5.74, 6) is 1.77. The smallest absolute Gasteiger partial charge is 0.165 e. The van der Waals surface area contributed by atoms with Crippen LogP contribution in [0, 0.1) is 0 Å². The Morgan fingerprint density at radius 1 is 1.06 bits per heavy atom. The third-order valence-electron chi connectivity index (χ3n) is 2.87. The third kappa shape index (κ3) is 3.62. The van der Waals surface area contributed by atoms with Gasteiger partial charge < -0.3 is 20.1 Å². The molecule has 0 atom stereocenters. The molecule has 0 unspecified atom stereocenters. The molecule has 0 bridgehead atoms. The molecule has 2 rings (SSSR count). The lowest BCUT2D eigenvalue weighted by atomic mass is 10.1. The van der Waals surface area contributed by atoms with Gasteiger partial charge in [-0.1, -0.05) is 19.1 Å². The Bertz CT molecular complexity index is 369. The van der Waals surface area contributed by atoms with Gasteiger partial charge in [0.2, 0.25) is 0 Å². The molecule has 4 heteroatoms. The normalized spacial score (nSPS) is 13.6. The van der Waals surface area contributed by atoms with Crippen LogP contribution in [0.2, 0.25) is 0 Å². The van der Waals surface area contributed by atoms with Crippen molar-refractivity contribution in [2.75, 3.05) is 32.8 Å². The maximum Gasteiger partial charge on any atom is 0.165 e. The minimum Gasteiger partial charge on any atom is -0.486 e. The highest BCUT2D eigenvalue weighted by Gasteiger charge is 2.14. The van der Waals surface area contributed by atoms with Gasteiger partial charge in [-0.05, 0) is 19.0 Å². The van der Waals surface area contributed by atoms with Gasteiger partial charge in [0, 0.05) is 25.2 Å². The standard InChI is InChI=1S/C14H22N2O2/c1-2-6-15-7-8-16-11-12-4-3-5-13-14(12)18-10-9-17-13/h3-5,15-16H,2,6-11H2,1H3. The molecule has 0 fully saturated rings. The Kier molecular flexibility index (Phi) is 5.30. The van der Waals surface area contributed by atoms with Crippen LogP contribution in [0.25, 0.3) is 0 Å². The summed E-state index contributed by atoms with van der Waals surface area (Å²) in [6, 6.07) is 6.06. The van der Waals surface area contributed by atoms with Crippen molar-refractivity contribution in [1.82, 2.24) is 10.6 Å². The molecule has 1 heterocycles. The molecule has 0 aromatic heterocycles. The van der Waals surface area contributed by atoms with Gasteiger partial charge in [0.25, 0.3) is 0 Å². The molecule has 1 aliphatic heterocycles. The maximum absolute atomic E-state index is 5.67. The molecule has 18 heavy (non-hydrogen) atoms. The maximum atomic E-state index is 5.67. The zero-order valence-electron chi connectivity index (χ0n) is 11.0. The molecule has 0 saturated carbocycles. The fraction of sp³-hybridized carbons (Fsp3) is 0.571. The number of rotatable bonds is 7. The van der Waals surface area contributed by atoms with Crippen molar-refractivity contribution in [2.45, 2.75) is 19.9 Å². The van der Waals surface area contributed by atoms with Crippen LogP contribution >= 0.6 is 0 Å². The summed E-state index contributed by atoms with van der Waals surface area (Å²) in [5, 5.41) is 6.78. The van der Waals surface area contributed by atoms with E-state index in [0.29, 0.717) is 13.2 Å². The Hall–Kier alpha value is -1.26. The molecule has 0 saturated heterocycles. The molecular formula is C14H22N2O2. The second-order valence-corrected chi connectivity index (χ2v) is 4.37. The summed E-state index contributed by atoms with van der Waals surface area (Å²) in [5.41, 5.74) is 1.17. The second kappa shape index (κ2) is 7.24. The summed E-state index contributed by atoms with van der Waals surface area (Å²) in [6.45, 7) is 7.32. The zero-order chi connectivity index (χ0) is 12.6. The SMILES string of the molecule is CCCNCCNCc1cccc2c1OCCO2. The summed E-state index contributed by atoms with van der Waals surface area (Å²) < 4.78 is 11.2. The lowest BCUT2D eigenvalue weighted by Gasteiger charge is -2.21. The van der Waals surface area contributed by atoms with E-state index in [1.807, 2.05) is 12.1 Å². The van der Waals surface area contributed by atoms with Crippen molar-refractivity contribution in [2.24, 2.45) is 0 Å². The monoisotopic (exact) mass is 250 g/mol. The van der Waals surface area contributed by atoms with Gasteiger partial charge in [-0.25, -0.2) is 0 Å². The number of hydrogen-bond donors (Lipinski definition) is 2. The van der Waals surface area contributed by atoms with E-state index in [0.717, 1.165) is 37.7 Å². The Balaban J connectivity index is 1.79. The Labute approximate surface area is 109 Å². The number of benzene rings is 1. The molecule has 1 aromatic rings. The fourth-order valence-electron chi connectivity index (χ4n) is 1.97. The average Bonchev–Trinajstić information content (AvgIpc) is 2.43. The van der Waals surface area contributed by atoms with E-state index in [1.165, 1.54) is 12.0 Å². The fourth-order valence-corrected chi connectivity index (χ4v) is 1.97. The van der Waals surface area contributed by atoms with Crippen LogP contribution in [0.4, 0.5) is 0 Å². The van der Waals surface area contributed by atoms with Gasteiger partial charge in [0.05, 0.1) is 0 Å². The quantitative estimate of drug-likeness (QED) is 0.721. The van der Waals surface area contributed by atoms with E-state index in [2.05, 4.69) is 23.6 Å². The highest BCUT2D eigenvalue weighted by Crippen LogP contribution is 2.33. The van der Waals surface area contributed by atoms with E-state index < -0.39 is 0 Å².